The number of amides is 1. The largest absolute Gasteiger partial charge is 0.484 e. The van der Waals surface area contributed by atoms with Gasteiger partial charge in [-0.15, -0.1) is 0 Å². The van der Waals surface area contributed by atoms with Gasteiger partial charge in [-0.2, -0.15) is 5.26 Å². The van der Waals surface area contributed by atoms with Gasteiger partial charge in [0.1, 0.15) is 5.75 Å². The summed E-state index contributed by atoms with van der Waals surface area (Å²) in [6, 6.07) is 13.1. The third-order valence-electron chi connectivity index (χ3n) is 4.23. The van der Waals surface area contributed by atoms with Gasteiger partial charge in [-0.05, 0) is 49.2 Å². The van der Waals surface area contributed by atoms with E-state index in [9.17, 15) is 4.79 Å². The summed E-state index contributed by atoms with van der Waals surface area (Å²) in [5.74, 6) is 0.588. The number of carbonyl (C=O) groups is 1. The van der Waals surface area contributed by atoms with E-state index in [4.69, 9.17) is 10.00 Å². The molecule has 1 fully saturated rings. The van der Waals surface area contributed by atoms with Crippen LogP contribution in [0.25, 0.3) is 0 Å². The molecule has 0 radical (unpaired) electrons. The Kier molecular flexibility index (Phi) is 5.47. The van der Waals surface area contributed by atoms with Crippen LogP contribution in [-0.2, 0) is 4.79 Å². The second-order valence-corrected chi connectivity index (χ2v) is 5.97. The lowest BCUT2D eigenvalue weighted by Crippen LogP contribution is -2.44. The third-order valence-corrected chi connectivity index (χ3v) is 4.23. The number of nitrogens with zero attached hydrogens (tertiary/aromatic N) is 3. The first-order chi connectivity index (χ1) is 12.2. The SMILES string of the molecule is N#Cc1ccc(OCC(=O)N2CCC(Nc3cccnc3)CC2)cc1. The highest BCUT2D eigenvalue weighted by Gasteiger charge is 2.22. The molecule has 3 rings (SSSR count). The Bertz CT molecular complexity index is 732. The molecule has 0 saturated carbocycles. The van der Waals surface area contributed by atoms with E-state index >= 15 is 0 Å². The molecule has 6 heteroatoms. The molecular weight excluding hydrogens is 316 g/mol. The number of hydrogen-bond acceptors (Lipinski definition) is 5. The number of hydrogen-bond donors (Lipinski definition) is 1. The first-order valence-corrected chi connectivity index (χ1v) is 8.32. The number of benzene rings is 1. The molecule has 1 aromatic heterocycles. The van der Waals surface area contributed by atoms with Crippen LogP contribution >= 0.6 is 0 Å². The highest BCUT2D eigenvalue weighted by atomic mass is 16.5. The van der Waals surface area contributed by atoms with Gasteiger partial charge in [0.2, 0.25) is 0 Å². The molecule has 0 bridgehead atoms. The number of piperidine rings is 1. The molecule has 2 heterocycles. The van der Waals surface area contributed by atoms with Crippen LogP contribution in [0, 0.1) is 11.3 Å². The van der Waals surface area contributed by atoms with Crippen molar-refractivity contribution in [2.24, 2.45) is 0 Å². The molecular formula is C19H20N4O2. The van der Waals surface area contributed by atoms with Crippen molar-refractivity contribution in [1.82, 2.24) is 9.88 Å². The molecule has 0 unspecified atom stereocenters. The lowest BCUT2D eigenvalue weighted by molar-refractivity contribution is -0.134. The molecule has 128 valence electrons. The van der Waals surface area contributed by atoms with E-state index in [-0.39, 0.29) is 12.5 Å². The highest BCUT2D eigenvalue weighted by Crippen LogP contribution is 2.17. The zero-order chi connectivity index (χ0) is 17.5. The van der Waals surface area contributed by atoms with Crippen molar-refractivity contribution in [2.75, 3.05) is 25.0 Å². The quantitative estimate of drug-likeness (QED) is 0.907. The Labute approximate surface area is 147 Å². The van der Waals surface area contributed by atoms with Gasteiger partial charge in [0.15, 0.2) is 6.61 Å². The number of aromatic nitrogens is 1. The smallest absolute Gasteiger partial charge is 0.260 e. The van der Waals surface area contributed by atoms with Crippen molar-refractivity contribution in [2.45, 2.75) is 18.9 Å². The van der Waals surface area contributed by atoms with Crippen molar-refractivity contribution in [3.63, 3.8) is 0 Å². The second kappa shape index (κ2) is 8.15. The molecule has 0 spiro atoms. The van der Waals surface area contributed by atoms with E-state index in [1.165, 1.54) is 0 Å². The Morgan fingerprint density at radius 2 is 2.04 bits per heavy atom. The molecule has 1 amide bonds. The van der Waals surface area contributed by atoms with Crippen LogP contribution in [-0.4, -0.2) is 41.5 Å². The average molecular weight is 336 g/mol. The Hall–Kier alpha value is -3.07. The highest BCUT2D eigenvalue weighted by molar-refractivity contribution is 5.77. The van der Waals surface area contributed by atoms with Gasteiger partial charge in [-0.3, -0.25) is 9.78 Å². The fourth-order valence-corrected chi connectivity index (χ4v) is 2.82. The van der Waals surface area contributed by atoms with E-state index in [0.29, 0.717) is 30.4 Å². The fraction of sp³-hybridized carbons (Fsp3) is 0.316. The van der Waals surface area contributed by atoms with Gasteiger partial charge in [-0.25, -0.2) is 0 Å². The van der Waals surface area contributed by atoms with Crippen LogP contribution in [0.15, 0.2) is 48.8 Å². The van der Waals surface area contributed by atoms with Crippen LogP contribution in [0.3, 0.4) is 0 Å². The Morgan fingerprint density at radius 1 is 1.28 bits per heavy atom. The van der Waals surface area contributed by atoms with Crippen LogP contribution in [0.2, 0.25) is 0 Å². The van der Waals surface area contributed by atoms with Gasteiger partial charge in [0.05, 0.1) is 17.3 Å². The minimum Gasteiger partial charge on any atom is -0.484 e. The van der Waals surface area contributed by atoms with Gasteiger partial charge in [-0.1, -0.05) is 0 Å². The second-order valence-electron chi connectivity index (χ2n) is 5.97. The lowest BCUT2D eigenvalue weighted by atomic mass is 10.0. The minimum absolute atomic E-state index is 0.0100. The van der Waals surface area contributed by atoms with E-state index in [1.807, 2.05) is 23.2 Å². The summed E-state index contributed by atoms with van der Waals surface area (Å²) in [6.07, 6.45) is 5.36. The van der Waals surface area contributed by atoms with E-state index in [1.54, 1.807) is 30.5 Å². The van der Waals surface area contributed by atoms with Gasteiger partial charge in [0.25, 0.3) is 5.91 Å². The number of nitrogens with one attached hydrogen (secondary N) is 1. The molecule has 1 aromatic carbocycles. The molecule has 1 saturated heterocycles. The maximum Gasteiger partial charge on any atom is 0.260 e. The molecule has 6 nitrogen and oxygen atoms in total. The van der Waals surface area contributed by atoms with E-state index in [2.05, 4.69) is 16.4 Å². The monoisotopic (exact) mass is 336 g/mol. The first kappa shape index (κ1) is 16.8. The summed E-state index contributed by atoms with van der Waals surface area (Å²) >= 11 is 0. The molecule has 1 aliphatic rings. The van der Waals surface area contributed by atoms with Crippen LogP contribution in [0.4, 0.5) is 5.69 Å². The average Bonchev–Trinajstić information content (AvgIpc) is 2.68. The topological polar surface area (TPSA) is 78.2 Å². The predicted molar refractivity (Wildman–Crippen MR) is 94.1 cm³/mol. The standard InChI is InChI=1S/C19H20N4O2/c20-12-15-3-5-18(6-4-15)25-14-19(24)23-10-7-16(8-11-23)22-17-2-1-9-21-13-17/h1-6,9,13,16,22H,7-8,10-11,14H2. The predicted octanol–water partition coefficient (Wildman–Crippen LogP) is 2.44. The molecule has 25 heavy (non-hydrogen) atoms. The van der Waals surface area contributed by atoms with Gasteiger partial charge >= 0.3 is 0 Å². The minimum atomic E-state index is -0.0100. The van der Waals surface area contributed by atoms with Crippen molar-refractivity contribution < 1.29 is 9.53 Å². The third kappa shape index (κ3) is 4.70. The van der Waals surface area contributed by atoms with E-state index < -0.39 is 0 Å². The zero-order valence-corrected chi connectivity index (χ0v) is 13.9. The maximum absolute atomic E-state index is 12.3. The molecule has 1 N–H and O–H groups in total. The summed E-state index contributed by atoms with van der Waals surface area (Å²) < 4.78 is 5.52. The Balaban J connectivity index is 1.42. The Morgan fingerprint density at radius 3 is 2.68 bits per heavy atom. The zero-order valence-electron chi connectivity index (χ0n) is 13.9. The van der Waals surface area contributed by atoms with E-state index in [0.717, 1.165) is 18.5 Å². The summed E-state index contributed by atoms with van der Waals surface area (Å²) in [4.78, 5) is 18.2. The first-order valence-electron chi connectivity index (χ1n) is 8.32. The molecule has 1 aliphatic heterocycles. The van der Waals surface area contributed by atoms with Crippen LogP contribution < -0.4 is 10.1 Å². The van der Waals surface area contributed by atoms with Crippen LogP contribution in [0.5, 0.6) is 5.75 Å². The number of ether oxygens (including phenoxy) is 1. The normalized spacial score (nSPS) is 14.6. The van der Waals surface area contributed by atoms with Crippen molar-refractivity contribution >= 4 is 11.6 Å². The van der Waals surface area contributed by atoms with Crippen LogP contribution in [0.1, 0.15) is 18.4 Å². The molecule has 0 aliphatic carbocycles. The van der Waals surface area contributed by atoms with Gasteiger partial charge < -0.3 is 15.0 Å². The number of anilines is 1. The number of pyridine rings is 1. The summed E-state index contributed by atoms with van der Waals surface area (Å²) in [5.41, 5.74) is 1.58. The number of rotatable bonds is 5. The van der Waals surface area contributed by atoms with Gasteiger partial charge in [0, 0.05) is 31.5 Å². The lowest BCUT2D eigenvalue weighted by Gasteiger charge is -2.32. The molecule has 0 atom stereocenters. The summed E-state index contributed by atoms with van der Waals surface area (Å²) in [5, 5.41) is 12.2. The molecule has 2 aromatic rings. The van der Waals surface area contributed by atoms with Crippen molar-refractivity contribution in [3.8, 4) is 11.8 Å². The number of nitriles is 1. The maximum atomic E-state index is 12.3. The fourth-order valence-electron chi connectivity index (χ4n) is 2.82. The van der Waals surface area contributed by atoms with Crippen molar-refractivity contribution in [1.29, 1.82) is 5.26 Å². The number of carbonyl (C=O) groups excluding carboxylic acids is 1. The summed E-state index contributed by atoms with van der Waals surface area (Å²) in [7, 11) is 0. The summed E-state index contributed by atoms with van der Waals surface area (Å²) in [6.45, 7) is 1.45. The van der Waals surface area contributed by atoms with Crippen molar-refractivity contribution in [3.05, 3.63) is 54.4 Å². The number of likely N-dealkylation sites (tertiary alicyclic amines) is 1.